The number of amides is 1. The third kappa shape index (κ3) is 3.42. The second kappa shape index (κ2) is 5.83. The van der Waals surface area contributed by atoms with Crippen molar-refractivity contribution in [2.24, 2.45) is 5.73 Å². The molecule has 98 valence electrons. The monoisotopic (exact) mass is 240 g/mol. The molecule has 2 fully saturated rings. The standard InChI is InChI=1S/C13H24N2O2/c1-10(17-12-8-11(14)9-12)13(16)15-6-4-2-3-5-7-15/h10-12H,2-9,14H2,1H3. The van der Waals surface area contributed by atoms with Crippen LogP contribution in [0.4, 0.5) is 0 Å². The molecule has 1 saturated heterocycles. The zero-order valence-electron chi connectivity index (χ0n) is 10.7. The fourth-order valence-corrected chi connectivity index (χ4v) is 2.61. The maximum absolute atomic E-state index is 12.2. The van der Waals surface area contributed by atoms with Crippen LogP contribution in [0, 0.1) is 0 Å². The molecule has 17 heavy (non-hydrogen) atoms. The van der Waals surface area contributed by atoms with Crippen molar-refractivity contribution in [2.45, 2.75) is 63.7 Å². The van der Waals surface area contributed by atoms with Gasteiger partial charge in [-0.05, 0) is 32.6 Å². The molecule has 4 nitrogen and oxygen atoms in total. The van der Waals surface area contributed by atoms with Crippen molar-refractivity contribution in [2.75, 3.05) is 13.1 Å². The van der Waals surface area contributed by atoms with Crippen LogP contribution in [-0.4, -0.2) is 42.1 Å². The Kier molecular flexibility index (Phi) is 4.40. The van der Waals surface area contributed by atoms with Crippen molar-refractivity contribution in [3.05, 3.63) is 0 Å². The summed E-state index contributed by atoms with van der Waals surface area (Å²) in [5.74, 6) is 0.160. The van der Waals surface area contributed by atoms with Crippen molar-refractivity contribution >= 4 is 5.91 Å². The van der Waals surface area contributed by atoms with Crippen molar-refractivity contribution in [1.82, 2.24) is 4.90 Å². The Bertz CT molecular complexity index is 256. The predicted octanol–water partition coefficient (Wildman–Crippen LogP) is 1.28. The summed E-state index contributed by atoms with van der Waals surface area (Å²) in [5, 5.41) is 0. The lowest BCUT2D eigenvalue weighted by Gasteiger charge is -2.35. The van der Waals surface area contributed by atoms with Crippen molar-refractivity contribution < 1.29 is 9.53 Å². The van der Waals surface area contributed by atoms with Gasteiger partial charge in [0.2, 0.25) is 0 Å². The Morgan fingerprint density at radius 2 is 1.82 bits per heavy atom. The highest BCUT2D eigenvalue weighted by Crippen LogP contribution is 2.23. The minimum Gasteiger partial charge on any atom is -0.365 e. The van der Waals surface area contributed by atoms with Gasteiger partial charge in [-0.25, -0.2) is 0 Å². The van der Waals surface area contributed by atoms with Gasteiger partial charge in [-0.1, -0.05) is 12.8 Å². The van der Waals surface area contributed by atoms with Crippen molar-refractivity contribution in [3.8, 4) is 0 Å². The number of ether oxygens (including phenoxy) is 1. The summed E-state index contributed by atoms with van der Waals surface area (Å²) < 4.78 is 5.74. The fraction of sp³-hybridized carbons (Fsp3) is 0.923. The fourth-order valence-electron chi connectivity index (χ4n) is 2.61. The molecular formula is C13H24N2O2. The van der Waals surface area contributed by atoms with E-state index in [2.05, 4.69) is 0 Å². The molecule has 2 rings (SSSR count). The third-order valence-corrected chi connectivity index (χ3v) is 3.79. The molecule has 2 N–H and O–H groups in total. The first-order valence-electron chi connectivity index (χ1n) is 6.86. The lowest BCUT2D eigenvalue weighted by molar-refractivity contribution is -0.150. The molecule has 0 radical (unpaired) electrons. The summed E-state index contributed by atoms with van der Waals surface area (Å²) >= 11 is 0. The van der Waals surface area contributed by atoms with Crippen LogP contribution < -0.4 is 5.73 Å². The van der Waals surface area contributed by atoms with Gasteiger partial charge < -0.3 is 15.4 Å². The van der Waals surface area contributed by atoms with Crippen LogP contribution >= 0.6 is 0 Å². The highest BCUT2D eigenvalue weighted by atomic mass is 16.5. The maximum atomic E-state index is 12.2. The molecule has 0 aromatic heterocycles. The van der Waals surface area contributed by atoms with Crippen molar-refractivity contribution in [3.63, 3.8) is 0 Å². The van der Waals surface area contributed by atoms with Crippen LogP contribution in [0.5, 0.6) is 0 Å². The molecule has 1 unspecified atom stereocenters. The van der Waals surface area contributed by atoms with Gasteiger partial charge in [0.05, 0.1) is 6.10 Å². The van der Waals surface area contributed by atoms with E-state index >= 15 is 0 Å². The molecule has 1 saturated carbocycles. The van der Waals surface area contributed by atoms with Crippen LogP contribution in [-0.2, 0) is 9.53 Å². The van der Waals surface area contributed by atoms with E-state index < -0.39 is 0 Å². The number of likely N-dealkylation sites (tertiary alicyclic amines) is 1. The SMILES string of the molecule is CC(OC1CC(N)C1)C(=O)N1CCCCCC1. The zero-order valence-corrected chi connectivity index (χ0v) is 10.7. The second-order valence-electron chi connectivity index (χ2n) is 5.37. The van der Waals surface area contributed by atoms with E-state index in [0.717, 1.165) is 38.8 Å². The lowest BCUT2D eigenvalue weighted by atomic mass is 9.90. The van der Waals surface area contributed by atoms with Gasteiger partial charge in [-0.2, -0.15) is 0 Å². The number of nitrogens with two attached hydrogens (primary N) is 1. The molecule has 1 aliphatic carbocycles. The van der Waals surface area contributed by atoms with Gasteiger partial charge in [0.1, 0.15) is 6.10 Å². The molecular weight excluding hydrogens is 216 g/mol. The topological polar surface area (TPSA) is 55.6 Å². The number of carbonyl (C=O) groups is 1. The van der Waals surface area contributed by atoms with Gasteiger partial charge in [0.25, 0.3) is 5.91 Å². The Morgan fingerprint density at radius 3 is 2.35 bits per heavy atom. The Morgan fingerprint density at radius 1 is 1.24 bits per heavy atom. The summed E-state index contributed by atoms with van der Waals surface area (Å²) in [4.78, 5) is 14.1. The van der Waals surface area contributed by atoms with Gasteiger partial charge in [0.15, 0.2) is 0 Å². The van der Waals surface area contributed by atoms with Gasteiger partial charge in [-0.3, -0.25) is 4.79 Å². The zero-order chi connectivity index (χ0) is 12.3. The van der Waals surface area contributed by atoms with Gasteiger partial charge in [-0.15, -0.1) is 0 Å². The number of hydrogen-bond acceptors (Lipinski definition) is 3. The molecule has 1 heterocycles. The van der Waals surface area contributed by atoms with Crippen LogP contribution in [0.1, 0.15) is 45.4 Å². The number of carbonyl (C=O) groups excluding carboxylic acids is 1. The van der Waals surface area contributed by atoms with Crippen LogP contribution in [0.15, 0.2) is 0 Å². The average molecular weight is 240 g/mol. The van der Waals surface area contributed by atoms with E-state index in [4.69, 9.17) is 10.5 Å². The number of rotatable bonds is 3. The lowest BCUT2D eigenvalue weighted by Crippen LogP contribution is -2.47. The average Bonchev–Trinajstić information content (AvgIpc) is 2.54. The molecule has 0 spiro atoms. The molecule has 1 aliphatic heterocycles. The van der Waals surface area contributed by atoms with Gasteiger partial charge >= 0.3 is 0 Å². The Hall–Kier alpha value is -0.610. The first-order chi connectivity index (χ1) is 8.16. The van der Waals surface area contributed by atoms with Gasteiger partial charge in [0, 0.05) is 19.1 Å². The quantitative estimate of drug-likeness (QED) is 0.808. The normalized spacial score (nSPS) is 31.5. The number of nitrogens with zero attached hydrogens (tertiary/aromatic N) is 1. The first kappa shape index (κ1) is 12.8. The van der Waals surface area contributed by atoms with Crippen LogP contribution in [0.3, 0.4) is 0 Å². The van der Waals surface area contributed by atoms with E-state index in [1.54, 1.807) is 0 Å². The minimum atomic E-state index is -0.300. The minimum absolute atomic E-state index is 0.160. The summed E-state index contributed by atoms with van der Waals surface area (Å²) in [6, 6.07) is 0.278. The third-order valence-electron chi connectivity index (χ3n) is 3.79. The molecule has 0 aromatic carbocycles. The first-order valence-corrected chi connectivity index (χ1v) is 6.86. The smallest absolute Gasteiger partial charge is 0.251 e. The molecule has 1 amide bonds. The highest BCUT2D eigenvalue weighted by Gasteiger charge is 2.31. The van der Waals surface area contributed by atoms with E-state index in [1.165, 1.54) is 12.8 Å². The van der Waals surface area contributed by atoms with E-state index in [0.29, 0.717) is 0 Å². The summed E-state index contributed by atoms with van der Waals surface area (Å²) in [7, 11) is 0. The molecule has 0 aromatic rings. The number of hydrogen-bond donors (Lipinski definition) is 1. The molecule has 0 bridgehead atoms. The van der Waals surface area contributed by atoms with Crippen molar-refractivity contribution in [1.29, 1.82) is 0 Å². The largest absolute Gasteiger partial charge is 0.365 e. The predicted molar refractivity (Wildman–Crippen MR) is 66.6 cm³/mol. The summed E-state index contributed by atoms with van der Waals surface area (Å²) in [5.41, 5.74) is 5.71. The van der Waals surface area contributed by atoms with E-state index in [9.17, 15) is 4.79 Å². The molecule has 1 atom stereocenters. The highest BCUT2D eigenvalue weighted by molar-refractivity contribution is 5.80. The second-order valence-corrected chi connectivity index (χ2v) is 5.37. The summed E-state index contributed by atoms with van der Waals surface area (Å²) in [6.45, 7) is 3.67. The summed E-state index contributed by atoms with van der Waals surface area (Å²) in [6.07, 6.45) is 6.46. The Balaban J connectivity index is 1.77. The van der Waals surface area contributed by atoms with E-state index in [1.807, 2.05) is 11.8 Å². The van der Waals surface area contributed by atoms with E-state index in [-0.39, 0.29) is 24.2 Å². The van der Waals surface area contributed by atoms with Crippen LogP contribution in [0.25, 0.3) is 0 Å². The molecule has 4 heteroatoms. The van der Waals surface area contributed by atoms with Crippen LogP contribution in [0.2, 0.25) is 0 Å². The Labute approximate surface area is 103 Å². The molecule has 2 aliphatic rings. The maximum Gasteiger partial charge on any atom is 0.251 e.